The third-order valence-electron chi connectivity index (χ3n) is 7.99. The SMILES string of the molecule is CCC(C)(CC(C)(C)C(=O)OC(C)(C)CC[Si]([Si](C)(C)C)([Si](C)(C)C)[Si](C)(C)C)C(=O)O. The number of ether oxygens (including phenoxy) is 1. The Morgan fingerprint density at radius 3 is 1.44 bits per heavy atom. The predicted molar refractivity (Wildman–Crippen MR) is 150 cm³/mol. The zero-order chi connectivity index (χ0) is 26.2. The van der Waals surface area contributed by atoms with Crippen LogP contribution in [0.5, 0.6) is 0 Å². The summed E-state index contributed by atoms with van der Waals surface area (Å²) in [6.07, 6.45) is 1.67. The minimum atomic E-state index is -1.52. The number of carboxylic acid groups (broad SMARTS) is 1. The lowest BCUT2D eigenvalue weighted by molar-refractivity contribution is -0.171. The first kappa shape index (κ1) is 31.8. The van der Waals surface area contributed by atoms with E-state index in [9.17, 15) is 14.7 Å². The number of carbonyl (C=O) groups is 2. The van der Waals surface area contributed by atoms with E-state index in [1.54, 1.807) is 6.92 Å². The number of esters is 1. The molecule has 0 amide bonds. The van der Waals surface area contributed by atoms with Gasteiger partial charge in [-0.15, -0.1) is 0 Å². The zero-order valence-corrected chi connectivity index (χ0v) is 28.0. The van der Waals surface area contributed by atoms with E-state index in [1.165, 1.54) is 6.04 Å². The molecule has 0 heterocycles. The van der Waals surface area contributed by atoms with Crippen molar-refractivity contribution in [2.24, 2.45) is 10.8 Å². The molecule has 1 atom stereocenters. The first-order chi connectivity index (χ1) is 13.8. The summed E-state index contributed by atoms with van der Waals surface area (Å²) in [7, 11) is -4.13. The number of aliphatic carboxylic acids is 1. The van der Waals surface area contributed by atoms with Crippen molar-refractivity contribution in [3.05, 3.63) is 0 Å². The molecule has 0 saturated carbocycles. The topological polar surface area (TPSA) is 63.6 Å². The van der Waals surface area contributed by atoms with Crippen LogP contribution in [0, 0.1) is 10.8 Å². The van der Waals surface area contributed by atoms with Crippen LogP contribution >= 0.6 is 0 Å². The molecule has 0 aliphatic carbocycles. The van der Waals surface area contributed by atoms with E-state index in [-0.39, 0.29) is 12.4 Å². The van der Waals surface area contributed by atoms with Gasteiger partial charge in [0.25, 0.3) is 0 Å². The van der Waals surface area contributed by atoms with Crippen molar-refractivity contribution in [2.45, 2.75) is 131 Å². The van der Waals surface area contributed by atoms with Gasteiger partial charge in [-0.05, 0) is 53.9 Å². The quantitative estimate of drug-likeness (QED) is 0.217. The Kier molecular flexibility index (Phi) is 9.76. The molecule has 0 aromatic heterocycles. The van der Waals surface area contributed by atoms with Gasteiger partial charge >= 0.3 is 11.9 Å². The third kappa shape index (κ3) is 6.92. The second-order valence-electron chi connectivity index (χ2n) is 14.6. The predicted octanol–water partition coefficient (Wildman–Crippen LogP) is 7.31. The molecule has 1 N–H and O–H groups in total. The highest BCUT2D eigenvalue weighted by Gasteiger charge is 2.61. The molecule has 32 heavy (non-hydrogen) atoms. The number of carboxylic acids is 1. The molecule has 0 saturated heterocycles. The first-order valence-corrected chi connectivity index (χ1v) is 28.0. The Morgan fingerprint density at radius 1 is 0.781 bits per heavy atom. The van der Waals surface area contributed by atoms with Crippen molar-refractivity contribution in [1.29, 1.82) is 0 Å². The largest absolute Gasteiger partial charge is 0.481 e. The van der Waals surface area contributed by atoms with Crippen LogP contribution in [0.2, 0.25) is 65.0 Å². The van der Waals surface area contributed by atoms with E-state index in [2.05, 4.69) is 72.8 Å². The van der Waals surface area contributed by atoms with Crippen LogP contribution in [0.25, 0.3) is 0 Å². The second kappa shape index (κ2) is 9.82. The smallest absolute Gasteiger partial charge is 0.312 e. The number of hydrogen-bond acceptors (Lipinski definition) is 3. The molecule has 8 heteroatoms. The third-order valence-corrected chi connectivity index (χ3v) is 82.5. The van der Waals surface area contributed by atoms with Crippen LogP contribution < -0.4 is 0 Å². The van der Waals surface area contributed by atoms with Gasteiger partial charge < -0.3 is 9.84 Å². The molecule has 0 radical (unpaired) electrons. The van der Waals surface area contributed by atoms with E-state index < -0.39 is 51.8 Å². The number of rotatable bonds is 12. The maximum Gasteiger partial charge on any atom is 0.312 e. The number of carbonyl (C=O) groups excluding carboxylic acids is 1. The monoisotopic (exact) mass is 518 g/mol. The Morgan fingerprint density at radius 2 is 1.16 bits per heavy atom. The van der Waals surface area contributed by atoms with Gasteiger partial charge in [-0.1, -0.05) is 71.9 Å². The molecule has 0 spiro atoms. The van der Waals surface area contributed by atoms with Crippen LogP contribution in [0.1, 0.15) is 60.8 Å². The average molecular weight is 519 g/mol. The van der Waals surface area contributed by atoms with Crippen LogP contribution in [0.15, 0.2) is 0 Å². The van der Waals surface area contributed by atoms with Crippen molar-refractivity contribution >= 4 is 41.3 Å². The van der Waals surface area contributed by atoms with E-state index >= 15 is 0 Å². The first-order valence-electron chi connectivity index (χ1n) is 12.3. The maximum atomic E-state index is 13.2. The molecule has 0 aromatic carbocycles. The summed E-state index contributed by atoms with van der Waals surface area (Å²) in [5.74, 6) is -1.12. The summed E-state index contributed by atoms with van der Waals surface area (Å²) in [4.78, 5) is 25.0. The van der Waals surface area contributed by atoms with Crippen LogP contribution in [0.4, 0.5) is 0 Å². The standard InChI is InChI=1S/C24H54O4Si4/c1-16-24(6,20(25)26)19-22(2,3)21(27)28-23(4,5)17-18-32(29(7,8)9,30(10,11)12)31(13,14)15/h16-19H2,1-15H3,(H,25,26). The minimum Gasteiger partial charge on any atom is -0.481 e. The molecule has 0 aliphatic rings. The molecule has 0 fully saturated rings. The van der Waals surface area contributed by atoms with Crippen LogP contribution in [-0.2, 0) is 14.3 Å². The van der Waals surface area contributed by atoms with Gasteiger partial charge in [0.05, 0.1) is 10.8 Å². The van der Waals surface area contributed by atoms with Gasteiger partial charge in [0, 0.05) is 29.4 Å². The lowest BCUT2D eigenvalue weighted by atomic mass is 9.72. The van der Waals surface area contributed by atoms with Gasteiger partial charge in [0.2, 0.25) is 0 Å². The molecule has 0 aromatic rings. The fourth-order valence-electron chi connectivity index (χ4n) is 6.83. The van der Waals surface area contributed by atoms with Gasteiger partial charge in [0.15, 0.2) is 0 Å². The summed E-state index contributed by atoms with van der Waals surface area (Å²) < 4.78 is 6.14. The molecule has 0 rings (SSSR count). The van der Waals surface area contributed by atoms with E-state index in [1.807, 2.05) is 20.8 Å². The summed E-state index contributed by atoms with van der Waals surface area (Å²) in [5.41, 5.74) is -2.31. The average Bonchev–Trinajstić information content (AvgIpc) is 2.49. The fraction of sp³-hybridized carbons (Fsp3) is 0.917. The van der Waals surface area contributed by atoms with Gasteiger partial charge in [-0.2, -0.15) is 0 Å². The molecule has 0 bridgehead atoms. The van der Waals surface area contributed by atoms with Crippen LogP contribution in [-0.4, -0.2) is 52.0 Å². The van der Waals surface area contributed by atoms with E-state index in [0.29, 0.717) is 6.42 Å². The lowest BCUT2D eigenvalue weighted by Crippen LogP contribution is -2.82. The van der Waals surface area contributed by atoms with Crippen molar-refractivity contribution in [2.75, 3.05) is 0 Å². The Labute approximate surface area is 202 Å². The highest BCUT2D eigenvalue weighted by atomic mass is 29.9. The Balaban J connectivity index is 5.83. The van der Waals surface area contributed by atoms with Crippen molar-refractivity contribution in [3.8, 4) is 0 Å². The fourth-order valence-corrected chi connectivity index (χ4v) is 106. The van der Waals surface area contributed by atoms with Crippen molar-refractivity contribution in [3.63, 3.8) is 0 Å². The van der Waals surface area contributed by atoms with Crippen molar-refractivity contribution in [1.82, 2.24) is 0 Å². The zero-order valence-electron chi connectivity index (χ0n) is 24.0. The summed E-state index contributed by atoms with van der Waals surface area (Å²) >= 11 is 0. The summed E-state index contributed by atoms with van der Waals surface area (Å²) in [6, 6.07) is 1.25. The molecule has 190 valence electrons. The molecular weight excluding hydrogens is 465 g/mol. The van der Waals surface area contributed by atoms with Crippen molar-refractivity contribution < 1.29 is 19.4 Å². The highest BCUT2D eigenvalue weighted by Crippen LogP contribution is 2.43. The molecule has 0 aliphatic heterocycles. The van der Waals surface area contributed by atoms with Gasteiger partial charge in [0.1, 0.15) is 5.60 Å². The lowest BCUT2D eigenvalue weighted by Gasteiger charge is -2.58. The normalized spacial score (nSPS) is 16.5. The molecule has 1 unspecified atom stereocenters. The molecular formula is C24H54O4Si4. The second-order valence-corrected chi connectivity index (χ2v) is 56.1. The highest BCUT2D eigenvalue weighted by molar-refractivity contribution is 7.89. The molecule has 4 nitrogen and oxygen atoms in total. The Bertz CT molecular complexity index is 646. The maximum absolute atomic E-state index is 13.2. The van der Waals surface area contributed by atoms with E-state index in [4.69, 9.17) is 4.74 Å². The van der Waals surface area contributed by atoms with E-state index in [0.717, 1.165) is 6.42 Å². The van der Waals surface area contributed by atoms with Gasteiger partial charge in [-0.25, -0.2) is 0 Å². The number of hydrogen-bond donors (Lipinski definition) is 1. The Hall–Kier alpha value is -0.192. The van der Waals surface area contributed by atoms with Crippen LogP contribution in [0.3, 0.4) is 0 Å². The summed E-state index contributed by atoms with van der Waals surface area (Å²) in [6.45, 7) is 33.2. The minimum absolute atomic E-state index is 0.273. The van der Waals surface area contributed by atoms with Gasteiger partial charge in [-0.3, -0.25) is 9.59 Å². The summed E-state index contributed by atoms with van der Waals surface area (Å²) in [5, 5.41) is 9.68.